The number of benzene rings is 2. The molecule has 0 radical (unpaired) electrons. The molecule has 2 aromatic rings. The molecular weight excluding hydrogens is 560 g/mol. The molecule has 1 unspecified atom stereocenters. The topological polar surface area (TPSA) is 97.4 Å². The standard InChI is InChI=1S/C36H46O8/c1-3-34(37)42-26-14-9-5-4-8-12-25-41-31-20-22-32(23-21-31)43-36(39)29-16-18-30(19-17-29)40-24-13-10-6-7-11-15-33-27-28(2)35(38)44-33/h3,16-23,33H,1-2,4-15,24-27H2. The van der Waals surface area contributed by atoms with Crippen LogP contribution < -0.4 is 14.2 Å². The molecule has 0 aliphatic carbocycles. The Hall–Kier alpha value is -4.07. The monoisotopic (exact) mass is 606 g/mol. The van der Waals surface area contributed by atoms with Crippen molar-refractivity contribution in [2.75, 3.05) is 19.8 Å². The Morgan fingerprint density at radius 2 is 1.23 bits per heavy atom. The van der Waals surface area contributed by atoms with E-state index in [1.165, 1.54) is 6.08 Å². The van der Waals surface area contributed by atoms with E-state index in [4.69, 9.17) is 23.7 Å². The van der Waals surface area contributed by atoms with Crippen molar-refractivity contribution >= 4 is 17.9 Å². The van der Waals surface area contributed by atoms with Crippen LogP contribution in [0.2, 0.25) is 0 Å². The highest BCUT2D eigenvalue weighted by Gasteiger charge is 2.26. The van der Waals surface area contributed by atoms with E-state index < -0.39 is 5.97 Å². The number of rotatable bonds is 22. The van der Waals surface area contributed by atoms with Gasteiger partial charge in [0.15, 0.2) is 0 Å². The molecule has 1 heterocycles. The van der Waals surface area contributed by atoms with Crippen LogP contribution in [-0.2, 0) is 19.1 Å². The van der Waals surface area contributed by atoms with Gasteiger partial charge in [-0.15, -0.1) is 0 Å². The molecule has 8 heteroatoms. The Morgan fingerprint density at radius 1 is 0.727 bits per heavy atom. The molecule has 8 nitrogen and oxygen atoms in total. The Morgan fingerprint density at radius 3 is 1.77 bits per heavy atom. The zero-order valence-corrected chi connectivity index (χ0v) is 25.8. The van der Waals surface area contributed by atoms with Crippen molar-refractivity contribution < 1.29 is 38.1 Å². The fourth-order valence-electron chi connectivity index (χ4n) is 4.78. The third kappa shape index (κ3) is 13.5. The lowest BCUT2D eigenvalue weighted by molar-refractivity contribution is -0.139. The first-order valence-corrected chi connectivity index (χ1v) is 15.8. The van der Waals surface area contributed by atoms with Crippen molar-refractivity contribution in [3.8, 4) is 17.2 Å². The predicted molar refractivity (Wildman–Crippen MR) is 169 cm³/mol. The first-order valence-electron chi connectivity index (χ1n) is 15.8. The average molecular weight is 607 g/mol. The number of carbonyl (C=O) groups excluding carboxylic acids is 3. The van der Waals surface area contributed by atoms with Gasteiger partial charge in [0.2, 0.25) is 0 Å². The number of esters is 3. The maximum atomic E-state index is 12.6. The summed E-state index contributed by atoms with van der Waals surface area (Å²) in [4.78, 5) is 34.9. The van der Waals surface area contributed by atoms with Crippen LogP contribution in [0.5, 0.6) is 17.2 Å². The zero-order valence-electron chi connectivity index (χ0n) is 25.8. The van der Waals surface area contributed by atoms with Gasteiger partial charge in [-0.3, -0.25) is 0 Å². The van der Waals surface area contributed by atoms with E-state index in [0.717, 1.165) is 88.5 Å². The number of hydrogen-bond acceptors (Lipinski definition) is 8. The summed E-state index contributed by atoms with van der Waals surface area (Å²) in [5, 5.41) is 0. The van der Waals surface area contributed by atoms with Gasteiger partial charge < -0.3 is 23.7 Å². The molecule has 0 bridgehead atoms. The third-order valence-electron chi connectivity index (χ3n) is 7.32. The molecule has 0 saturated carbocycles. The smallest absolute Gasteiger partial charge is 0.343 e. The minimum atomic E-state index is -0.430. The number of ether oxygens (including phenoxy) is 5. The molecule has 3 rings (SSSR count). The maximum absolute atomic E-state index is 12.6. The van der Waals surface area contributed by atoms with Crippen LogP contribution in [0.4, 0.5) is 0 Å². The van der Waals surface area contributed by atoms with E-state index in [2.05, 4.69) is 13.2 Å². The van der Waals surface area contributed by atoms with Crippen molar-refractivity contribution in [2.24, 2.45) is 0 Å². The predicted octanol–water partition coefficient (Wildman–Crippen LogP) is 7.95. The fourth-order valence-corrected chi connectivity index (χ4v) is 4.78. The van der Waals surface area contributed by atoms with Crippen molar-refractivity contribution in [1.82, 2.24) is 0 Å². The minimum Gasteiger partial charge on any atom is -0.494 e. The largest absolute Gasteiger partial charge is 0.494 e. The lowest BCUT2D eigenvalue weighted by atomic mass is 10.1. The van der Waals surface area contributed by atoms with Crippen molar-refractivity contribution in [3.05, 3.63) is 78.9 Å². The van der Waals surface area contributed by atoms with E-state index in [-0.39, 0.29) is 18.0 Å². The third-order valence-corrected chi connectivity index (χ3v) is 7.32. The molecule has 0 N–H and O–H groups in total. The molecule has 1 fully saturated rings. The maximum Gasteiger partial charge on any atom is 0.343 e. The molecule has 238 valence electrons. The molecule has 1 saturated heterocycles. The number of carbonyl (C=O) groups is 3. The first-order chi connectivity index (χ1) is 21.4. The highest BCUT2D eigenvalue weighted by molar-refractivity contribution is 5.91. The second-order valence-electron chi connectivity index (χ2n) is 11.0. The molecule has 0 spiro atoms. The van der Waals surface area contributed by atoms with Crippen molar-refractivity contribution in [2.45, 2.75) is 89.6 Å². The highest BCUT2D eigenvalue weighted by Crippen LogP contribution is 2.24. The van der Waals surface area contributed by atoms with Gasteiger partial charge >= 0.3 is 17.9 Å². The van der Waals surface area contributed by atoms with Crippen LogP contribution in [0.1, 0.15) is 93.8 Å². The second-order valence-corrected chi connectivity index (χ2v) is 11.0. The Labute approximate surface area is 261 Å². The lowest BCUT2D eigenvalue weighted by Gasteiger charge is -2.09. The van der Waals surface area contributed by atoms with Crippen LogP contribution in [0.15, 0.2) is 73.3 Å². The normalized spacial score (nSPS) is 14.1. The highest BCUT2D eigenvalue weighted by atomic mass is 16.6. The van der Waals surface area contributed by atoms with Gasteiger partial charge in [-0.1, -0.05) is 58.1 Å². The van der Waals surface area contributed by atoms with E-state index in [1.807, 2.05) is 0 Å². The summed E-state index contributed by atoms with van der Waals surface area (Å²) in [6, 6.07) is 14.0. The van der Waals surface area contributed by atoms with Gasteiger partial charge in [0.05, 0.1) is 25.4 Å². The van der Waals surface area contributed by atoms with Crippen LogP contribution in [0, 0.1) is 0 Å². The second kappa shape index (κ2) is 20.0. The fraction of sp³-hybridized carbons (Fsp3) is 0.472. The molecule has 0 aromatic heterocycles. The number of unbranched alkanes of at least 4 members (excludes halogenated alkanes) is 9. The lowest BCUT2D eigenvalue weighted by Crippen LogP contribution is -2.08. The summed E-state index contributed by atoms with van der Waals surface area (Å²) in [6.45, 7) is 8.79. The Balaban J connectivity index is 1.20. The Bertz CT molecular complexity index is 1170. The SMILES string of the molecule is C=CC(=O)OCCCCCCCCOc1ccc(OC(=O)c2ccc(OCCCCCCCC3CC(=C)C(=O)O3)cc2)cc1. The minimum absolute atomic E-state index is 0.0110. The van der Waals surface area contributed by atoms with Crippen LogP contribution in [0.3, 0.4) is 0 Å². The number of cyclic esters (lactones) is 1. The summed E-state index contributed by atoms with van der Waals surface area (Å²) < 4.78 is 27.3. The van der Waals surface area contributed by atoms with Crippen molar-refractivity contribution in [1.29, 1.82) is 0 Å². The van der Waals surface area contributed by atoms with Crippen LogP contribution >= 0.6 is 0 Å². The van der Waals surface area contributed by atoms with E-state index >= 15 is 0 Å². The van der Waals surface area contributed by atoms with Gasteiger partial charge in [0.1, 0.15) is 23.4 Å². The molecule has 2 aromatic carbocycles. The molecule has 44 heavy (non-hydrogen) atoms. The first kappa shape index (κ1) is 34.4. The summed E-state index contributed by atoms with van der Waals surface area (Å²) in [5.41, 5.74) is 1.04. The quantitative estimate of drug-likeness (QED) is 0.0577. The van der Waals surface area contributed by atoms with Crippen LogP contribution in [0.25, 0.3) is 0 Å². The summed E-state index contributed by atoms with van der Waals surface area (Å²) >= 11 is 0. The van der Waals surface area contributed by atoms with E-state index in [0.29, 0.717) is 43.1 Å². The van der Waals surface area contributed by atoms with Gasteiger partial charge in [0, 0.05) is 18.1 Å². The Kier molecular flexibility index (Phi) is 15.6. The van der Waals surface area contributed by atoms with Gasteiger partial charge in [-0.05, 0) is 80.6 Å². The zero-order chi connectivity index (χ0) is 31.4. The van der Waals surface area contributed by atoms with Gasteiger partial charge in [0.25, 0.3) is 0 Å². The summed E-state index contributed by atoms with van der Waals surface area (Å²) in [5.74, 6) is 0.867. The van der Waals surface area contributed by atoms with Gasteiger partial charge in [-0.25, -0.2) is 14.4 Å². The molecular formula is C36H46O8. The molecule has 1 aliphatic rings. The van der Waals surface area contributed by atoms with E-state index in [9.17, 15) is 14.4 Å². The van der Waals surface area contributed by atoms with Crippen molar-refractivity contribution in [3.63, 3.8) is 0 Å². The molecule has 1 atom stereocenters. The molecule has 1 aliphatic heterocycles. The van der Waals surface area contributed by atoms with Gasteiger partial charge in [-0.2, -0.15) is 0 Å². The average Bonchev–Trinajstić information content (AvgIpc) is 3.36. The number of hydrogen-bond donors (Lipinski definition) is 0. The summed E-state index contributed by atoms with van der Waals surface area (Å²) in [6.07, 6.45) is 14.2. The summed E-state index contributed by atoms with van der Waals surface area (Å²) in [7, 11) is 0. The van der Waals surface area contributed by atoms with E-state index in [1.54, 1.807) is 48.5 Å². The molecule has 0 amide bonds. The van der Waals surface area contributed by atoms with Crippen LogP contribution in [-0.4, -0.2) is 43.8 Å².